The topological polar surface area (TPSA) is 57.5 Å². The summed E-state index contributed by atoms with van der Waals surface area (Å²) in [4.78, 5) is 10.9. The maximum absolute atomic E-state index is 10.9. The van der Waals surface area contributed by atoms with Crippen molar-refractivity contribution < 1.29 is 15.0 Å². The van der Waals surface area contributed by atoms with Gasteiger partial charge in [-0.15, -0.1) is 0 Å². The number of carboxylic acids is 1. The zero-order valence-corrected chi connectivity index (χ0v) is 7.90. The lowest BCUT2D eigenvalue weighted by atomic mass is 10.0. The molecule has 0 radical (unpaired) electrons. The van der Waals surface area contributed by atoms with Crippen LogP contribution in [-0.2, 0) is 4.79 Å². The van der Waals surface area contributed by atoms with Crippen LogP contribution >= 0.6 is 0 Å². The largest absolute Gasteiger partial charge is 0.511 e. The maximum Gasteiger partial charge on any atom is 0.339 e. The molecule has 0 aliphatic rings. The first-order valence-electron chi connectivity index (χ1n) is 4.37. The van der Waals surface area contributed by atoms with Crippen molar-refractivity contribution in [3.05, 3.63) is 41.7 Å². The zero-order valence-electron chi connectivity index (χ0n) is 7.90. The number of aliphatic hydroxyl groups excluding tert-OH is 1. The van der Waals surface area contributed by atoms with Gasteiger partial charge in [0.15, 0.2) is 0 Å². The third-order valence-corrected chi connectivity index (χ3v) is 1.90. The van der Waals surface area contributed by atoms with Gasteiger partial charge < -0.3 is 10.2 Å². The molecule has 14 heavy (non-hydrogen) atoms. The van der Waals surface area contributed by atoms with Crippen molar-refractivity contribution in [2.75, 3.05) is 0 Å². The molecule has 74 valence electrons. The van der Waals surface area contributed by atoms with Gasteiger partial charge in [-0.1, -0.05) is 37.3 Å². The Morgan fingerprint density at radius 3 is 2.21 bits per heavy atom. The number of aliphatic carboxylic acids is 1. The third kappa shape index (κ3) is 2.13. The molecule has 0 aromatic heterocycles. The molecule has 0 saturated carbocycles. The molecule has 1 aromatic rings. The van der Waals surface area contributed by atoms with Crippen LogP contribution in [-0.4, -0.2) is 16.2 Å². The monoisotopic (exact) mass is 192 g/mol. The Labute approximate surface area is 82.3 Å². The van der Waals surface area contributed by atoms with Crippen LogP contribution < -0.4 is 0 Å². The van der Waals surface area contributed by atoms with Gasteiger partial charge in [0, 0.05) is 6.42 Å². The predicted octanol–water partition coefficient (Wildman–Crippen LogP) is 2.45. The molecule has 0 amide bonds. The first-order chi connectivity index (χ1) is 6.66. The minimum absolute atomic E-state index is 0.0203. The second kappa shape index (κ2) is 4.46. The highest BCUT2D eigenvalue weighted by molar-refractivity contribution is 6.15. The second-order valence-electron chi connectivity index (χ2n) is 2.85. The molecule has 0 fully saturated rings. The average Bonchev–Trinajstić information content (AvgIpc) is 2.19. The zero-order chi connectivity index (χ0) is 10.6. The standard InChI is InChI=1S/C11H12O3/c1-2-9(12)10(11(13)14)8-6-4-3-5-7-8/h3-7,12H,2H2,1H3,(H,13,14)/b10-9-. The van der Waals surface area contributed by atoms with Crippen LogP contribution in [0, 0.1) is 0 Å². The molecule has 0 aliphatic carbocycles. The van der Waals surface area contributed by atoms with Crippen LogP contribution in [0.15, 0.2) is 36.1 Å². The number of hydrogen-bond acceptors (Lipinski definition) is 2. The Hall–Kier alpha value is -1.77. The Kier molecular flexibility index (Phi) is 3.29. The molecule has 1 aromatic carbocycles. The van der Waals surface area contributed by atoms with Crippen molar-refractivity contribution in [2.24, 2.45) is 0 Å². The van der Waals surface area contributed by atoms with Gasteiger partial charge in [-0.2, -0.15) is 0 Å². The van der Waals surface area contributed by atoms with Crippen LogP contribution in [0.1, 0.15) is 18.9 Å². The Morgan fingerprint density at radius 1 is 1.21 bits per heavy atom. The minimum Gasteiger partial charge on any atom is -0.511 e. The lowest BCUT2D eigenvalue weighted by molar-refractivity contribution is -0.130. The van der Waals surface area contributed by atoms with E-state index in [9.17, 15) is 9.90 Å². The summed E-state index contributed by atoms with van der Waals surface area (Å²) >= 11 is 0. The molecule has 1 rings (SSSR count). The van der Waals surface area contributed by atoms with Gasteiger partial charge in [0.1, 0.15) is 11.3 Å². The normalized spacial score (nSPS) is 12.1. The van der Waals surface area contributed by atoms with Crippen molar-refractivity contribution >= 4 is 11.5 Å². The summed E-state index contributed by atoms with van der Waals surface area (Å²) in [5.41, 5.74) is 0.507. The molecule has 0 atom stereocenters. The maximum atomic E-state index is 10.9. The van der Waals surface area contributed by atoms with E-state index in [4.69, 9.17) is 5.11 Å². The number of carbonyl (C=O) groups is 1. The highest BCUT2D eigenvalue weighted by atomic mass is 16.4. The van der Waals surface area contributed by atoms with E-state index in [1.807, 2.05) is 0 Å². The molecule has 0 heterocycles. The average molecular weight is 192 g/mol. The highest BCUT2D eigenvalue weighted by Gasteiger charge is 2.14. The fourth-order valence-corrected chi connectivity index (χ4v) is 1.20. The first-order valence-corrected chi connectivity index (χ1v) is 4.37. The molecule has 0 unspecified atom stereocenters. The lowest BCUT2D eigenvalue weighted by Crippen LogP contribution is -2.03. The smallest absolute Gasteiger partial charge is 0.339 e. The van der Waals surface area contributed by atoms with Gasteiger partial charge in [-0.05, 0) is 5.56 Å². The Balaban J connectivity index is 3.21. The fourth-order valence-electron chi connectivity index (χ4n) is 1.20. The summed E-state index contributed by atoms with van der Waals surface area (Å²) in [5.74, 6) is -1.20. The van der Waals surface area contributed by atoms with Crippen molar-refractivity contribution in [1.29, 1.82) is 0 Å². The molecule has 3 nitrogen and oxygen atoms in total. The van der Waals surface area contributed by atoms with Gasteiger partial charge >= 0.3 is 5.97 Å². The van der Waals surface area contributed by atoms with E-state index in [0.717, 1.165) is 0 Å². The van der Waals surface area contributed by atoms with Crippen molar-refractivity contribution in [3.63, 3.8) is 0 Å². The number of benzene rings is 1. The van der Waals surface area contributed by atoms with Gasteiger partial charge in [-0.3, -0.25) is 0 Å². The van der Waals surface area contributed by atoms with E-state index in [1.165, 1.54) is 0 Å². The summed E-state index contributed by atoms with van der Waals surface area (Å²) < 4.78 is 0. The molecule has 0 bridgehead atoms. The summed E-state index contributed by atoms with van der Waals surface area (Å²) in [6, 6.07) is 8.60. The number of rotatable bonds is 3. The molecular formula is C11H12O3. The van der Waals surface area contributed by atoms with E-state index in [2.05, 4.69) is 0 Å². The number of hydrogen-bond donors (Lipinski definition) is 2. The molecule has 0 saturated heterocycles. The van der Waals surface area contributed by atoms with E-state index in [0.29, 0.717) is 12.0 Å². The quantitative estimate of drug-likeness (QED) is 0.571. The summed E-state index contributed by atoms with van der Waals surface area (Å²) in [5, 5.41) is 18.4. The van der Waals surface area contributed by atoms with Gasteiger partial charge in [-0.25, -0.2) is 4.79 Å². The SMILES string of the molecule is CC/C(O)=C(/C(=O)O)c1ccccc1. The predicted molar refractivity (Wildman–Crippen MR) is 53.9 cm³/mol. The molecule has 0 aliphatic heterocycles. The highest BCUT2D eigenvalue weighted by Crippen LogP contribution is 2.19. The van der Waals surface area contributed by atoms with Gasteiger partial charge in [0.25, 0.3) is 0 Å². The summed E-state index contributed by atoms with van der Waals surface area (Å²) in [6.07, 6.45) is 0.316. The minimum atomic E-state index is -1.10. The molecule has 3 heteroatoms. The van der Waals surface area contributed by atoms with Gasteiger partial charge in [0.05, 0.1) is 0 Å². The van der Waals surface area contributed by atoms with E-state index < -0.39 is 5.97 Å². The summed E-state index contributed by atoms with van der Waals surface area (Å²) in [7, 11) is 0. The summed E-state index contributed by atoms with van der Waals surface area (Å²) in [6.45, 7) is 1.71. The van der Waals surface area contributed by atoms with E-state index >= 15 is 0 Å². The molecule has 2 N–H and O–H groups in total. The molecule has 0 spiro atoms. The van der Waals surface area contributed by atoms with E-state index in [-0.39, 0.29) is 11.3 Å². The number of allylic oxidation sites excluding steroid dienone is 1. The van der Waals surface area contributed by atoms with Crippen LogP contribution in [0.25, 0.3) is 5.57 Å². The second-order valence-corrected chi connectivity index (χ2v) is 2.85. The Bertz CT molecular complexity index is 352. The van der Waals surface area contributed by atoms with Crippen molar-refractivity contribution in [3.8, 4) is 0 Å². The lowest BCUT2D eigenvalue weighted by Gasteiger charge is -2.04. The molecular weight excluding hydrogens is 180 g/mol. The number of carboxylic acid groups (broad SMARTS) is 1. The Morgan fingerprint density at radius 2 is 1.79 bits per heavy atom. The van der Waals surface area contributed by atoms with Gasteiger partial charge in [0.2, 0.25) is 0 Å². The fraction of sp³-hybridized carbons (Fsp3) is 0.182. The third-order valence-electron chi connectivity index (χ3n) is 1.90. The van der Waals surface area contributed by atoms with Crippen LogP contribution in [0.5, 0.6) is 0 Å². The van der Waals surface area contributed by atoms with E-state index in [1.54, 1.807) is 37.3 Å². The van der Waals surface area contributed by atoms with Crippen molar-refractivity contribution in [1.82, 2.24) is 0 Å². The number of aliphatic hydroxyl groups is 1. The van der Waals surface area contributed by atoms with Crippen LogP contribution in [0.3, 0.4) is 0 Å². The van der Waals surface area contributed by atoms with Crippen LogP contribution in [0.2, 0.25) is 0 Å². The van der Waals surface area contributed by atoms with Crippen LogP contribution in [0.4, 0.5) is 0 Å². The van der Waals surface area contributed by atoms with Crippen molar-refractivity contribution in [2.45, 2.75) is 13.3 Å². The first kappa shape index (κ1) is 10.3.